The molecule has 1 saturated heterocycles. The molecule has 1 heterocycles. The summed E-state index contributed by atoms with van der Waals surface area (Å²) in [6.45, 7) is 10.1. The Labute approximate surface area is 151 Å². The third-order valence-corrected chi connectivity index (χ3v) is 4.51. The van der Waals surface area contributed by atoms with Crippen molar-refractivity contribution < 1.29 is 17.9 Å². The molecule has 0 aromatic carbocycles. The first-order valence-electron chi connectivity index (χ1n) is 8.70. The number of nitrogens with one attached hydrogen (secondary N) is 2. The molecule has 1 rings (SSSR count). The summed E-state index contributed by atoms with van der Waals surface area (Å²) in [6, 6.07) is 0.00901. The third kappa shape index (κ3) is 9.52. The van der Waals surface area contributed by atoms with Crippen LogP contribution in [-0.4, -0.2) is 75.2 Å². The van der Waals surface area contributed by atoms with E-state index >= 15 is 0 Å². The zero-order chi connectivity index (χ0) is 19.1. The highest BCUT2D eigenvalue weighted by Crippen LogP contribution is 2.12. The maximum absolute atomic E-state index is 11.9. The fraction of sp³-hybridized carbons (Fsp3) is 0.875. The number of carbonyl (C=O) groups excluding carboxylic acids is 1. The normalized spacial score (nSPS) is 19.0. The molecular formula is C16H32N4O4S. The van der Waals surface area contributed by atoms with E-state index in [0.717, 1.165) is 25.5 Å². The number of hydrogen-bond acceptors (Lipinski definition) is 5. The zero-order valence-electron chi connectivity index (χ0n) is 16.0. The van der Waals surface area contributed by atoms with Crippen molar-refractivity contribution in [3.63, 3.8) is 0 Å². The maximum atomic E-state index is 11.9. The number of carbonyl (C=O) groups is 1. The lowest BCUT2D eigenvalue weighted by Crippen LogP contribution is -2.44. The van der Waals surface area contributed by atoms with E-state index in [-0.39, 0.29) is 11.8 Å². The van der Waals surface area contributed by atoms with Gasteiger partial charge in [-0.25, -0.2) is 13.2 Å². The summed E-state index contributed by atoms with van der Waals surface area (Å²) < 4.78 is 27.6. The smallest absolute Gasteiger partial charge is 0.407 e. The van der Waals surface area contributed by atoms with Crippen molar-refractivity contribution in [1.82, 2.24) is 15.5 Å². The van der Waals surface area contributed by atoms with Gasteiger partial charge in [0.1, 0.15) is 15.4 Å². The first kappa shape index (κ1) is 21.5. The molecule has 2 N–H and O–H groups in total. The average molecular weight is 377 g/mol. The molecule has 1 aliphatic rings. The van der Waals surface area contributed by atoms with Crippen LogP contribution in [0.15, 0.2) is 4.99 Å². The van der Waals surface area contributed by atoms with Crippen LogP contribution < -0.4 is 10.6 Å². The van der Waals surface area contributed by atoms with Crippen LogP contribution >= 0.6 is 0 Å². The summed E-state index contributed by atoms with van der Waals surface area (Å²) in [7, 11) is -2.96. The predicted molar refractivity (Wildman–Crippen MR) is 99.7 cm³/mol. The van der Waals surface area contributed by atoms with Crippen LogP contribution in [0.3, 0.4) is 0 Å². The number of guanidine groups is 1. The number of nitrogens with zero attached hydrogens (tertiary/aromatic N) is 2. The lowest BCUT2D eigenvalue weighted by Gasteiger charge is -2.23. The van der Waals surface area contributed by atoms with Crippen LogP contribution in [0.4, 0.5) is 4.79 Å². The van der Waals surface area contributed by atoms with Crippen LogP contribution in [0, 0.1) is 0 Å². The molecule has 9 heteroatoms. The zero-order valence-corrected chi connectivity index (χ0v) is 16.8. The minimum Gasteiger partial charge on any atom is -0.444 e. The Morgan fingerprint density at radius 1 is 1.36 bits per heavy atom. The molecule has 0 bridgehead atoms. The van der Waals surface area contributed by atoms with Crippen molar-refractivity contribution >= 4 is 21.9 Å². The van der Waals surface area contributed by atoms with Crippen molar-refractivity contribution in [2.45, 2.75) is 52.2 Å². The van der Waals surface area contributed by atoms with E-state index in [4.69, 9.17) is 4.74 Å². The molecule has 1 unspecified atom stereocenters. The molecule has 1 amide bonds. The van der Waals surface area contributed by atoms with Gasteiger partial charge in [0.15, 0.2) is 5.96 Å². The van der Waals surface area contributed by atoms with Gasteiger partial charge < -0.3 is 20.3 Å². The van der Waals surface area contributed by atoms with Crippen LogP contribution in [0.1, 0.15) is 40.5 Å². The summed E-state index contributed by atoms with van der Waals surface area (Å²) in [5, 5.41) is 6.10. The SMILES string of the molecule is CCNC(=NCCCS(C)(=O)=O)N1CCC(NC(=O)OC(C)(C)C)C1. The van der Waals surface area contributed by atoms with Crippen LogP contribution in [0.2, 0.25) is 0 Å². The summed E-state index contributed by atoms with van der Waals surface area (Å²) >= 11 is 0. The molecule has 8 nitrogen and oxygen atoms in total. The Hall–Kier alpha value is -1.51. The van der Waals surface area contributed by atoms with Crippen molar-refractivity contribution in [3.05, 3.63) is 0 Å². The van der Waals surface area contributed by atoms with Crippen LogP contribution in [0.25, 0.3) is 0 Å². The van der Waals surface area contributed by atoms with Gasteiger partial charge in [0.2, 0.25) is 0 Å². The number of sulfone groups is 1. The maximum Gasteiger partial charge on any atom is 0.407 e. The largest absolute Gasteiger partial charge is 0.444 e. The van der Waals surface area contributed by atoms with Crippen LogP contribution in [-0.2, 0) is 14.6 Å². The van der Waals surface area contributed by atoms with Gasteiger partial charge in [-0.15, -0.1) is 0 Å². The highest BCUT2D eigenvalue weighted by Gasteiger charge is 2.27. The molecule has 1 aliphatic heterocycles. The lowest BCUT2D eigenvalue weighted by molar-refractivity contribution is 0.0507. The van der Waals surface area contributed by atoms with Crippen molar-refractivity contribution in [2.24, 2.45) is 4.99 Å². The van der Waals surface area contributed by atoms with Gasteiger partial charge >= 0.3 is 6.09 Å². The van der Waals surface area contributed by atoms with Crippen molar-refractivity contribution in [1.29, 1.82) is 0 Å². The topological polar surface area (TPSA) is 100 Å². The number of likely N-dealkylation sites (tertiary alicyclic amines) is 1. The molecule has 0 aromatic rings. The van der Waals surface area contributed by atoms with Gasteiger partial charge in [-0.3, -0.25) is 4.99 Å². The van der Waals surface area contributed by atoms with Crippen molar-refractivity contribution in [3.8, 4) is 0 Å². The Bertz CT molecular complexity index is 569. The van der Waals surface area contributed by atoms with Gasteiger partial charge in [0.25, 0.3) is 0 Å². The molecule has 1 atom stereocenters. The van der Waals surface area contributed by atoms with E-state index in [1.165, 1.54) is 6.26 Å². The number of alkyl carbamates (subject to hydrolysis) is 1. The minimum absolute atomic E-state index is 0.00901. The van der Waals surface area contributed by atoms with E-state index in [2.05, 4.69) is 20.5 Å². The first-order valence-corrected chi connectivity index (χ1v) is 10.8. The van der Waals surface area contributed by atoms with Gasteiger partial charge in [-0.2, -0.15) is 0 Å². The van der Waals surface area contributed by atoms with Gasteiger partial charge in [0, 0.05) is 32.4 Å². The molecule has 1 fully saturated rings. The lowest BCUT2D eigenvalue weighted by atomic mass is 10.2. The van der Waals surface area contributed by atoms with Gasteiger partial charge in [0.05, 0.1) is 11.8 Å². The summed E-state index contributed by atoms with van der Waals surface area (Å²) in [5.74, 6) is 0.892. The summed E-state index contributed by atoms with van der Waals surface area (Å²) in [6.07, 6.45) is 2.14. The van der Waals surface area contributed by atoms with E-state index in [1.54, 1.807) is 0 Å². The molecule has 0 aliphatic carbocycles. The number of aliphatic imine (C=N–C) groups is 1. The second-order valence-electron chi connectivity index (χ2n) is 7.30. The number of rotatable bonds is 6. The minimum atomic E-state index is -2.96. The number of ether oxygens (including phenoxy) is 1. The second kappa shape index (κ2) is 9.26. The number of amides is 1. The predicted octanol–water partition coefficient (Wildman–Crippen LogP) is 0.986. The Balaban J connectivity index is 2.52. The fourth-order valence-corrected chi connectivity index (χ4v) is 3.14. The molecule has 0 aromatic heterocycles. The Morgan fingerprint density at radius 3 is 2.60 bits per heavy atom. The van der Waals surface area contributed by atoms with Gasteiger partial charge in [-0.05, 0) is 40.5 Å². The van der Waals surface area contributed by atoms with E-state index in [9.17, 15) is 13.2 Å². The Kier molecular flexibility index (Phi) is 7.98. The third-order valence-electron chi connectivity index (χ3n) is 3.48. The highest BCUT2D eigenvalue weighted by molar-refractivity contribution is 7.90. The quantitative estimate of drug-likeness (QED) is 0.407. The number of hydrogen-bond donors (Lipinski definition) is 2. The Morgan fingerprint density at radius 2 is 2.04 bits per heavy atom. The standard InChI is InChI=1S/C16H32N4O4S/c1-6-17-14(18-9-7-11-25(5,22)23)20-10-8-13(12-20)19-15(21)24-16(2,3)4/h13H,6-12H2,1-5H3,(H,17,18)(H,19,21). The van der Waals surface area contributed by atoms with E-state index in [0.29, 0.717) is 19.5 Å². The monoisotopic (exact) mass is 376 g/mol. The molecule has 0 radical (unpaired) electrons. The summed E-state index contributed by atoms with van der Waals surface area (Å²) in [5.41, 5.74) is -0.516. The first-order chi connectivity index (χ1) is 11.5. The average Bonchev–Trinajstić information content (AvgIpc) is 2.87. The second-order valence-corrected chi connectivity index (χ2v) is 9.56. The van der Waals surface area contributed by atoms with Crippen LogP contribution in [0.5, 0.6) is 0 Å². The van der Waals surface area contributed by atoms with Crippen molar-refractivity contribution in [2.75, 3.05) is 38.2 Å². The molecule has 0 saturated carbocycles. The molecular weight excluding hydrogens is 344 g/mol. The van der Waals surface area contributed by atoms with Gasteiger partial charge in [-0.1, -0.05) is 0 Å². The molecule has 25 heavy (non-hydrogen) atoms. The highest BCUT2D eigenvalue weighted by atomic mass is 32.2. The van der Waals surface area contributed by atoms with E-state index in [1.807, 2.05) is 27.7 Å². The molecule has 146 valence electrons. The summed E-state index contributed by atoms with van der Waals surface area (Å²) in [4.78, 5) is 18.4. The van der Waals surface area contributed by atoms with E-state index < -0.39 is 21.5 Å². The fourth-order valence-electron chi connectivity index (χ4n) is 2.48. The molecule has 0 spiro atoms.